The minimum atomic E-state index is -1.12. The van der Waals surface area contributed by atoms with Crippen LogP contribution in [-0.4, -0.2) is 27.2 Å². The molecule has 0 radical (unpaired) electrons. The number of allylic oxidation sites excluding steroid dienone is 1. The number of aliphatic hydroxyl groups is 2. The van der Waals surface area contributed by atoms with Crippen molar-refractivity contribution in [3.8, 4) is 0 Å². The van der Waals surface area contributed by atoms with Gasteiger partial charge >= 0.3 is 0 Å². The Labute approximate surface area is 140 Å². The molecule has 3 aliphatic rings. The molecule has 0 unspecified atom stereocenters. The van der Waals surface area contributed by atoms with Gasteiger partial charge in [-0.1, -0.05) is 32.4 Å². The fourth-order valence-electron chi connectivity index (χ4n) is 5.83. The molecule has 23 heavy (non-hydrogen) atoms. The van der Waals surface area contributed by atoms with Crippen LogP contribution in [0.4, 0.5) is 0 Å². The van der Waals surface area contributed by atoms with Gasteiger partial charge in [0.15, 0.2) is 0 Å². The van der Waals surface area contributed by atoms with Crippen molar-refractivity contribution in [3.63, 3.8) is 0 Å². The van der Waals surface area contributed by atoms with Gasteiger partial charge in [0, 0.05) is 11.8 Å². The first-order valence-corrected chi connectivity index (χ1v) is 9.11. The Hall–Kier alpha value is -0.670. The summed E-state index contributed by atoms with van der Waals surface area (Å²) in [6, 6.07) is 0. The molecule has 2 fully saturated rings. The largest absolute Gasteiger partial charge is 0.387 e. The number of fused-ring (bicyclic) bond motifs is 3. The van der Waals surface area contributed by atoms with Gasteiger partial charge in [0.05, 0.1) is 5.60 Å². The number of rotatable bonds is 1. The molecule has 4 atom stereocenters. The third kappa shape index (κ3) is 2.34. The van der Waals surface area contributed by atoms with Crippen LogP contribution in [0.5, 0.6) is 0 Å². The van der Waals surface area contributed by atoms with E-state index in [-0.39, 0.29) is 10.8 Å². The van der Waals surface area contributed by atoms with Crippen LogP contribution in [0.15, 0.2) is 11.6 Å². The molecule has 0 heterocycles. The lowest BCUT2D eigenvalue weighted by atomic mass is 9.45. The molecule has 3 nitrogen and oxygen atoms in total. The normalized spacial score (nSPS) is 43.4. The quantitative estimate of drug-likeness (QED) is 0.725. The van der Waals surface area contributed by atoms with Crippen LogP contribution in [0.3, 0.4) is 0 Å². The van der Waals surface area contributed by atoms with E-state index in [0.29, 0.717) is 30.5 Å². The Morgan fingerprint density at radius 3 is 2.39 bits per heavy atom. The van der Waals surface area contributed by atoms with Gasteiger partial charge in [0.2, 0.25) is 0 Å². The van der Waals surface area contributed by atoms with Gasteiger partial charge in [-0.3, -0.25) is 4.79 Å². The van der Waals surface area contributed by atoms with Crippen molar-refractivity contribution in [3.05, 3.63) is 11.6 Å². The number of hydrogen-bond acceptors (Lipinski definition) is 3. The van der Waals surface area contributed by atoms with Crippen molar-refractivity contribution in [2.24, 2.45) is 22.7 Å². The minimum absolute atomic E-state index is 0.141. The molecular weight excluding hydrogens is 288 g/mol. The minimum Gasteiger partial charge on any atom is -0.387 e. The SMILES string of the molecule is CC1(C)C(=O)CC[C@@]2(C)[C@@H]3CC[C@@](O)(C(C)(C)O)C=C3CC[C@H]12. The lowest BCUT2D eigenvalue weighted by Gasteiger charge is -2.59. The van der Waals surface area contributed by atoms with E-state index in [1.807, 2.05) is 6.08 Å². The van der Waals surface area contributed by atoms with E-state index in [1.54, 1.807) is 13.8 Å². The Kier molecular flexibility index (Phi) is 3.67. The lowest BCUT2D eigenvalue weighted by molar-refractivity contribution is -0.148. The lowest BCUT2D eigenvalue weighted by Crippen LogP contribution is -2.57. The van der Waals surface area contributed by atoms with E-state index in [1.165, 1.54) is 5.57 Å². The Morgan fingerprint density at radius 2 is 1.78 bits per heavy atom. The first kappa shape index (κ1) is 17.2. The van der Waals surface area contributed by atoms with Crippen molar-refractivity contribution in [2.75, 3.05) is 0 Å². The van der Waals surface area contributed by atoms with Crippen LogP contribution in [0.1, 0.15) is 73.1 Å². The second-order valence-electron chi connectivity index (χ2n) is 9.54. The predicted molar refractivity (Wildman–Crippen MR) is 90.9 cm³/mol. The van der Waals surface area contributed by atoms with E-state index in [0.717, 1.165) is 25.7 Å². The van der Waals surface area contributed by atoms with Crippen LogP contribution in [0, 0.1) is 22.7 Å². The Morgan fingerprint density at radius 1 is 1.13 bits per heavy atom. The molecule has 3 heteroatoms. The van der Waals surface area contributed by atoms with Crippen molar-refractivity contribution in [1.82, 2.24) is 0 Å². The van der Waals surface area contributed by atoms with Gasteiger partial charge in [-0.15, -0.1) is 0 Å². The highest BCUT2D eigenvalue weighted by Gasteiger charge is 2.58. The molecule has 0 aromatic rings. The van der Waals surface area contributed by atoms with Crippen LogP contribution < -0.4 is 0 Å². The zero-order valence-corrected chi connectivity index (χ0v) is 15.3. The van der Waals surface area contributed by atoms with Crippen LogP contribution in [-0.2, 0) is 4.79 Å². The fraction of sp³-hybridized carbons (Fsp3) is 0.850. The molecule has 0 aromatic carbocycles. The molecule has 2 saturated carbocycles. The van der Waals surface area contributed by atoms with Gasteiger partial charge in [-0.05, 0) is 63.2 Å². The van der Waals surface area contributed by atoms with E-state index < -0.39 is 11.2 Å². The van der Waals surface area contributed by atoms with E-state index >= 15 is 0 Å². The van der Waals surface area contributed by atoms with Crippen molar-refractivity contribution in [1.29, 1.82) is 0 Å². The van der Waals surface area contributed by atoms with Gasteiger partial charge < -0.3 is 10.2 Å². The van der Waals surface area contributed by atoms with Crippen molar-refractivity contribution in [2.45, 2.75) is 84.3 Å². The molecule has 0 amide bonds. The summed E-state index contributed by atoms with van der Waals surface area (Å²) in [7, 11) is 0. The molecule has 3 rings (SSSR count). The summed E-state index contributed by atoms with van der Waals surface area (Å²) in [5.74, 6) is 1.28. The monoisotopic (exact) mass is 320 g/mol. The second kappa shape index (κ2) is 4.92. The predicted octanol–water partition coefficient (Wildman–Crippen LogP) is 3.63. The number of Topliss-reactive ketones (excluding diaryl/α,β-unsaturated/α-hetero) is 1. The second-order valence-corrected chi connectivity index (χ2v) is 9.54. The molecule has 0 bridgehead atoms. The van der Waals surface area contributed by atoms with Crippen LogP contribution in [0.25, 0.3) is 0 Å². The maximum absolute atomic E-state index is 12.4. The third-order valence-corrected chi connectivity index (χ3v) is 7.54. The summed E-state index contributed by atoms with van der Waals surface area (Å²) in [6.45, 7) is 10.0. The molecule has 3 aliphatic carbocycles. The molecule has 2 N–H and O–H groups in total. The highest BCUT2D eigenvalue weighted by molar-refractivity contribution is 5.85. The number of carbonyl (C=O) groups excluding carboxylic acids is 1. The highest BCUT2D eigenvalue weighted by atomic mass is 16.4. The summed E-state index contributed by atoms with van der Waals surface area (Å²) >= 11 is 0. The average Bonchev–Trinajstić information content (AvgIpc) is 2.42. The van der Waals surface area contributed by atoms with Crippen LogP contribution in [0.2, 0.25) is 0 Å². The average molecular weight is 320 g/mol. The zero-order chi connectivity index (χ0) is 17.3. The molecular formula is C20H32O3. The molecule has 0 aliphatic heterocycles. The number of hydrogen-bond donors (Lipinski definition) is 2. The molecule has 130 valence electrons. The Bertz CT molecular complexity index is 554. The first-order valence-electron chi connectivity index (χ1n) is 9.11. The summed E-state index contributed by atoms with van der Waals surface area (Å²) in [6.07, 6.45) is 7.07. The smallest absolute Gasteiger partial charge is 0.138 e. The number of carbonyl (C=O) groups is 1. The first-order chi connectivity index (χ1) is 10.4. The van der Waals surface area contributed by atoms with E-state index in [4.69, 9.17) is 0 Å². The Balaban J connectivity index is 1.98. The number of ketones is 1. The maximum atomic E-state index is 12.4. The van der Waals surface area contributed by atoms with Crippen LogP contribution >= 0.6 is 0 Å². The zero-order valence-electron chi connectivity index (χ0n) is 15.3. The van der Waals surface area contributed by atoms with Gasteiger partial charge in [-0.25, -0.2) is 0 Å². The van der Waals surface area contributed by atoms with E-state index in [2.05, 4.69) is 20.8 Å². The van der Waals surface area contributed by atoms with Crippen molar-refractivity contribution < 1.29 is 15.0 Å². The maximum Gasteiger partial charge on any atom is 0.138 e. The molecule has 0 spiro atoms. The van der Waals surface area contributed by atoms with Crippen molar-refractivity contribution >= 4 is 5.78 Å². The van der Waals surface area contributed by atoms with Gasteiger partial charge in [0.1, 0.15) is 11.4 Å². The molecule has 0 aromatic heterocycles. The standard InChI is InChI=1S/C20H32O3/c1-17(2)15-7-6-13-12-20(23,18(3,4)22)11-8-14(13)19(15,5)10-9-16(17)21/h12,14-15,22-23H,6-11H2,1-5H3/t14-,15-,19+,20+/m1/s1. The highest BCUT2D eigenvalue weighted by Crippen LogP contribution is 2.62. The topological polar surface area (TPSA) is 57.5 Å². The summed E-state index contributed by atoms with van der Waals surface area (Å²) < 4.78 is 0. The third-order valence-electron chi connectivity index (χ3n) is 7.54. The summed E-state index contributed by atoms with van der Waals surface area (Å²) in [4.78, 5) is 12.4. The molecule has 0 saturated heterocycles. The van der Waals surface area contributed by atoms with Gasteiger partial charge in [-0.2, -0.15) is 0 Å². The summed E-state index contributed by atoms with van der Waals surface area (Å²) in [5, 5.41) is 21.3. The van der Waals surface area contributed by atoms with E-state index in [9.17, 15) is 15.0 Å². The summed E-state index contributed by atoms with van der Waals surface area (Å²) in [5.41, 5.74) is -1.03. The van der Waals surface area contributed by atoms with Gasteiger partial charge in [0.25, 0.3) is 0 Å². The fourth-order valence-corrected chi connectivity index (χ4v) is 5.83.